The van der Waals surface area contributed by atoms with Crippen LogP contribution in [0.15, 0.2) is 16.5 Å². The molecule has 0 amide bonds. The SMILES string of the molecule is Cc1ccc(CN(C)CC2(C#N)CCC2)o1. The van der Waals surface area contributed by atoms with Gasteiger partial charge in [-0.15, -0.1) is 0 Å². The van der Waals surface area contributed by atoms with Crippen LogP contribution in [0.25, 0.3) is 0 Å². The molecule has 1 aromatic heterocycles. The average molecular weight is 218 g/mol. The number of aryl methyl sites for hydroxylation is 1. The Morgan fingerprint density at radius 2 is 2.25 bits per heavy atom. The van der Waals surface area contributed by atoms with Gasteiger partial charge in [0.1, 0.15) is 11.5 Å². The summed E-state index contributed by atoms with van der Waals surface area (Å²) < 4.78 is 5.53. The Hall–Kier alpha value is -1.27. The van der Waals surface area contributed by atoms with E-state index in [2.05, 4.69) is 18.0 Å². The first-order valence-electron chi connectivity index (χ1n) is 5.79. The lowest BCUT2D eigenvalue weighted by Gasteiger charge is -2.38. The zero-order valence-electron chi connectivity index (χ0n) is 9.99. The topological polar surface area (TPSA) is 40.2 Å². The molecule has 16 heavy (non-hydrogen) atoms. The maximum atomic E-state index is 9.16. The van der Waals surface area contributed by atoms with E-state index in [0.717, 1.165) is 37.5 Å². The number of hydrogen-bond donors (Lipinski definition) is 0. The molecule has 0 spiro atoms. The Labute approximate surface area is 96.7 Å². The van der Waals surface area contributed by atoms with Gasteiger partial charge in [0, 0.05) is 6.54 Å². The first-order valence-corrected chi connectivity index (χ1v) is 5.79. The molecule has 0 aliphatic heterocycles. The predicted octanol–water partition coefficient (Wildman–Crippen LogP) is 2.71. The van der Waals surface area contributed by atoms with Crippen LogP contribution in [0.4, 0.5) is 0 Å². The minimum absolute atomic E-state index is 0.0869. The molecule has 1 aliphatic rings. The molecule has 1 fully saturated rings. The second-order valence-corrected chi connectivity index (χ2v) is 4.93. The highest BCUT2D eigenvalue weighted by Gasteiger charge is 2.38. The second kappa shape index (κ2) is 4.31. The number of furan rings is 1. The zero-order chi connectivity index (χ0) is 11.6. The van der Waals surface area contributed by atoms with Gasteiger partial charge in [0.2, 0.25) is 0 Å². The van der Waals surface area contributed by atoms with E-state index in [0.29, 0.717) is 0 Å². The van der Waals surface area contributed by atoms with Crippen LogP contribution in [0.2, 0.25) is 0 Å². The van der Waals surface area contributed by atoms with Gasteiger partial charge in [-0.05, 0) is 38.9 Å². The summed E-state index contributed by atoms with van der Waals surface area (Å²) in [5.41, 5.74) is -0.0869. The number of nitriles is 1. The third-order valence-corrected chi connectivity index (χ3v) is 3.34. The molecule has 86 valence electrons. The molecule has 3 heteroatoms. The Kier molecular flexibility index (Phi) is 3.02. The van der Waals surface area contributed by atoms with Crippen LogP contribution in [0, 0.1) is 23.7 Å². The van der Waals surface area contributed by atoms with Crippen molar-refractivity contribution in [1.29, 1.82) is 5.26 Å². The molecular weight excluding hydrogens is 200 g/mol. The van der Waals surface area contributed by atoms with Crippen molar-refractivity contribution < 1.29 is 4.42 Å². The minimum Gasteiger partial charge on any atom is -0.465 e. The molecule has 0 atom stereocenters. The summed E-state index contributed by atoms with van der Waals surface area (Å²) >= 11 is 0. The van der Waals surface area contributed by atoms with Crippen molar-refractivity contribution in [3.05, 3.63) is 23.7 Å². The van der Waals surface area contributed by atoms with Crippen molar-refractivity contribution in [2.75, 3.05) is 13.6 Å². The highest BCUT2D eigenvalue weighted by atomic mass is 16.3. The van der Waals surface area contributed by atoms with Crippen LogP contribution < -0.4 is 0 Å². The minimum atomic E-state index is -0.0869. The molecule has 0 unspecified atom stereocenters. The highest BCUT2D eigenvalue weighted by molar-refractivity contribution is 5.08. The second-order valence-electron chi connectivity index (χ2n) is 4.93. The molecule has 0 saturated heterocycles. The van der Waals surface area contributed by atoms with Crippen molar-refractivity contribution in [2.24, 2.45) is 5.41 Å². The fourth-order valence-corrected chi connectivity index (χ4v) is 2.32. The predicted molar refractivity (Wildman–Crippen MR) is 61.7 cm³/mol. The van der Waals surface area contributed by atoms with E-state index in [9.17, 15) is 0 Å². The van der Waals surface area contributed by atoms with Crippen molar-refractivity contribution in [3.8, 4) is 6.07 Å². The monoisotopic (exact) mass is 218 g/mol. The third kappa shape index (κ3) is 2.28. The van der Waals surface area contributed by atoms with Crippen LogP contribution in [-0.2, 0) is 6.54 Å². The molecular formula is C13H18N2O. The van der Waals surface area contributed by atoms with E-state index >= 15 is 0 Å². The molecule has 1 aliphatic carbocycles. The first kappa shape index (κ1) is 11.2. The number of hydrogen-bond acceptors (Lipinski definition) is 3. The lowest BCUT2D eigenvalue weighted by atomic mass is 9.70. The summed E-state index contributed by atoms with van der Waals surface area (Å²) in [5.74, 6) is 1.93. The van der Waals surface area contributed by atoms with Gasteiger partial charge < -0.3 is 4.42 Å². The van der Waals surface area contributed by atoms with Crippen LogP contribution in [0.1, 0.15) is 30.8 Å². The molecule has 1 aromatic rings. The van der Waals surface area contributed by atoms with Gasteiger partial charge in [0.05, 0.1) is 18.0 Å². The summed E-state index contributed by atoms with van der Waals surface area (Å²) in [4.78, 5) is 2.18. The van der Waals surface area contributed by atoms with E-state index in [4.69, 9.17) is 9.68 Å². The van der Waals surface area contributed by atoms with Gasteiger partial charge in [-0.1, -0.05) is 6.42 Å². The first-order chi connectivity index (χ1) is 7.63. The average Bonchev–Trinajstić information content (AvgIpc) is 2.57. The number of nitrogens with zero attached hydrogens (tertiary/aromatic N) is 2. The summed E-state index contributed by atoms with van der Waals surface area (Å²) in [6, 6.07) is 6.45. The molecule has 2 rings (SSSR count). The lowest BCUT2D eigenvalue weighted by Crippen LogP contribution is -2.39. The molecule has 0 radical (unpaired) electrons. The van der Waals surface area contributed by atoms with Crippen molar-refractivity contribution in [2.45, 2.75) is 32.7 Å². The fourth-order valence-electron chi connectivity index (χ4n) is 2.32. The van der Waals surface area contributed by atoms with Crippen molar-refractivity contribution >= 4 is 0 Å². The molecule has 0 aromatic carbocycles. The molecule has 3 nitrogen and oxygen atoms in total. The zero-order valence-corrected chi connectivity index (χ0v) is 9.99. The van der Waals surface area contributed by atoms with Crippen LogP contribution >= 0.6 is 0 Å². The Morgan fingerprint density at radius 1 is 1.50 bits per heavy atom. The number of rotatable bonds is 4. The van der Waals surface area contributed by atoms with Gasteiger partial charge >= 0.3 is 0 Å². The smallest absolute Gasteiger partial charge is 0.118 e. The van der Waals surface area contributed by atoms with E-state index in [1.807, 2.05) is 19.1 Å². The maximum absolute atomic E-state index is 9.16. The van der Waals surface area contributed by atoms with E-state index in [1.54, 1.807) is 0 Å². The molecule has 1 heterocycles. The van der Waals surface area contributed by atoms with Gasteiger partial charge in [0.25, 0.3) is 0 Å². The molecule has 0 N–H and O–H groups in total. The summed E-state index contributed by atoms with van der Waals surface area (Å²) in [5, 5.41) is 9.16. The fraction of sp³-hybridized carbons (Fsp3) is 0.615. The summed E-state index contributed by atoms with van der Waals surface area (Å²) in [7, 11) is 2.05. The van der Waals surface area contributed by atoms with Crippen LogP contribution in [0.5, 0.6) is 0 Å². The largest absolute Gasteiger partial charge is 0.465 e. The molecule has 1 saturated carbocycles. The standard InChI is InChI=1S/C13H18N2O/c1-11-4-5-12(16-11)8-15(2)10-13(9-14)6-3-7-13/h4-5H,3,6-8,10H2,1-2H3. The van der Waals surface area contributed by atoms with Gasteiger partial charge in [-0.25, -0.2) is 0 Å². The van der Waals surface area contributed by atoms with Crippen molar-refractivity contribution in [3.63, 3.8) is 0 Å². The van der Waals surface area contributed by atoms with Crippen LogP contribution in [0.3, 0.4) is 0 Å². The van der Waals surface area contributed by atoms with E-state index in [-0.39, 0.29) is 5.41 Å². The van der Waals surface area contributed by atoms with Gasteiger partial charge in [-0.3, -0.25) is 4.90 Å². The Bertz CT molecular complexity index is 398. The van der Waals surface area contributed by atoms with Crippen LogP contribution in [-0.4, -0.2) is 18.5 Å². The molecule has 0 bridgehead atoms. The Morgan fingerprint density at radius 3 is 2.69 bits per heavy atom. The van der Waals surface area contributed by atoms with Gasteiger partial charge in [-0.2, -0.15) is 5.26 Å². The van der Waals surface area contributed by atoms with Gasteiger partial charge in [0.15, 0.2) is 0 Å². The van der Waals surface area contributed by atoms with Crippen molar-refractivity contribution in [1.82, 2.24) is 4.90 Å². The van der Waals surface area contributed by atoms with E-state index < -0.39 is 0 Å². The summed E-state index contributed by atoms with van der Waals surface area (Å²) in [6.07, 6.45) is 3.29. The van der Waals surface area contributed by atoms with E-state index in [1.165, 1.54) is 6.42 Å². The third-order valence-electron chi connectivity index (χ3n) is 3.34. The maximum Gasteiger partial charge on any atom is 0.118 e. The highest BCUT2D eigenvalue weighted by Crippen LogP contribution is 2.40. The lowest BCUT2D eigenvalue weighted by molar-refractivity contribution is 0.129. The normalized spacial score (nSPS) is 18.1. The quantitative estimate of drug-likeness (QED) is 0.780. The Balaban J connectivity index is 1.89. The summed E-state index contributed by atoms with van der Waals surface area (Å²) in [6.45, 7) is 3.59.